The molecule has 0 fully saturated rings. The van der Waals surface area contributed by atoms with Gasteiger partial charge in [-0.15, -0.1) is 11.3 Å². The first-order chi connectivity index (χ1) is 15.6. The number of carbonyl (C=O) groups is 2. The Balaban J connectivity index is 0.000000968. The number of nitrogens with one attached hydrogen (secondary N) is 2. The predicted octanol–water partition coefficient (Wildman–Crippen LogP) is 5.00. The molecular weight excluding hydrogens is 434 g/mol. The van der Waals surface area contributed by atoms with Crippen molar-refractivity contribution in [1.82, 2.24) is 10.3 Å². The van der Waals surface area contributed by atoms with Gasteiger partial charge in [-0.05, 0) is 63.3 Å². The molecule has 1 aliphatic heterocycles. The first kappa shape index (κ1) is 24.9. The van der Waals surface area contributed by atoms with Crippen molar-refractivity contribution in [3.63, 3.8) is 0 Å². The third-order valence-electron chi connectivity index (χ3n) is 5.78. The van der Waals surface area contributed by atoms with Crippen LogP contribution in [0.2, 0.25) is 0 Å². The number of rotatable bonds is 3. The molecule has 4 rings (SSSR count). The van der Waals surface area contributed by atoms with Crippen molar-refractivity contribution < 1.29 is 14.7 Å². The van der Waals surface area contributed by atoms with Crippen molar-refractivity contribution in [1.29, 1.82) is 0 Å². The molecule has 7 heteroatoms. The van der Waals surface area contributed by atoms with Crippen LogP contribution in [0.1, 0.15) is 61.8 Å². The minimum absolute atomic E-state index is 0.0962. The number of aliphatic hydroxyl groups excluding tert-OH is 1. The Morgan fingerprint density at radius 1 is 1.27 bits per heavy atom. The van der Waals surface area contributed by atoms with Crippen LogP contribution in [0.15, 0.2) is 53.0 Å². The summed E-state index contributed by atoms with van der Waals surface area (Å²) in [5.41, 5.74) is 4.03. The molecule has 1 amide bonds. The van der Waals surface area contributed by atoms with E-state index in [0.29, 0.717) is 17.8 Å². The van der Waals surface area contributed by atoms with Gasteiger partial charge in [0.25, 0.3) is 5.91 Å². The van der Waals surface area contributed by atoms with Crippen molar-refractivity contribution in [2.75, 3.05) is 11.9 Å². The number of hydrogen-bond donors (Lipinski definition) is 3. The Morgan fingerprint density at radius 3 is 2.55 bits per heavy atom. The fourth-order valence-corrected chi connectivity index (χ4v) is 5.57. The fraction of sp³-hybridized carbons (Fsp3) is 0.423. The van der Waals surface area contributed by atoms with Crippen LogP contribution in [0.3, 0.4) is 0 Å². The zero-order chi connectivity index (χ0) is 24.3. The summed E-state index contributed by atoms with van der Waals surface area (Å²) in [6, 6.07) is 7.52. The molecule has 2 aromatic heterocycles. The number of anilines is 1. The van der Waals surface area contributed by atoms with Crippen LogP contribution >= 0.6 is 11.3 Å². The van der Waals surface area contributed by atoms with E-state index < -0.39 is 0 Å². The molecule has 33 heavy (non-hydrogen) atoms. The number of dihydropyridines is 1. The molecule has 0 radical (unpaired) electrons. The number of thiophene rings is 1. The van der Waals surface area contributed by atoms with E-state index in [2.05, 4.69) is 49.4 Å². The number of ketones is 1. The summed E-state index contributed by atoms with van der Waals surface area (Å²) in [5, 5.41) is 13.9. The molecule has 0 bridgehead atoms. The van der Waals surface area contributed by atoms with E-state index in [1.807, 2.05) is 19.1 Å². The normalized spacial score (nSPS) is 19.4. The van der Waals surface area contributed by atoms with Gasteiger partial charge in [-0.25, -0.2) is 4.98 Å². The predicted molar refractivity (Wildman–Crippen MR) is 133 cm³/mol. The molecule has 3 heterocycles. The van der Waals surface area contributed by atoms with Crippen molar-refractivity contribution in [3.8, 4) is 0 Å². The number of amides is 1. The topological polar surface area (TPSA) is 91.3 Å². The number of nitrogens with zero attached hydrogens (tertiary/aromatic N) is 1. The largest absolute Gasteiger partial charge is 0.397 e. The Bertz CT molecular complexity index is 1110. The zero-order valence-corrected chi connectivity index (χ0v) is 21.0. The van der Waals surface area contributed by atoms with Crippen LogP contribution in [0.4, 0.5) is 5.82 Å². The Labute approximate surface area is 199 Å². The fourth-order valence-electron chi connectivity index (χ4n) is 4.61. The molecule has 3 N–H and O–H groups in total. The van der Waals surface area contributed by atoms with Gasteiger partial charge >= 0.3 is 0 Å². The highest BCUT2D eigenvalue weighted by atomic mass is 32.1. The van der Waals surface area contributed by atoms with Gasteiger partial charge in [0, 0.05) is 57.4 Å². The summed E-state index contributed by atoms with van der Waals surface area (Å²) in [6.45, 7) is 12.2. The lowest BCUT2D eigenvalue weighted by atomic mass is 9.68. The van der Waals surface area contributed by atoms with Gasteiger partial charge in [0.1, 0.15) is 5.82 Å². The highest BCUT2D eigenvalue weighted by Gasteiger charge is 2.43. The van der Waals surface area contributed by atoms with Crippen LogP contribution < -0.4 is 10.6 Å². The maximum atomic E-state index is 13.4. The molecule has 176 valence electrons. The Kier molecular flexibility index (Phi) is 7.55. The minimum Gasteiger partial charge on any atom is -0.397 e. The Hall–Kier alpha value is -2.77. The number of pyridine rings is 1. The lowest BCUT2D eigenvalue weighted by Gasteiger charge is -2.39. The van der Waals surface area contributed by atoms with Crippen LogP contribution in [0.25, 0.3) is 0 Å². The molecule has 6 nitrogen and oxygen atoms in total. The molecule has 1 unspecified atom stereocenters. The van der Waals surface area contributed by atoms with Crippen LogP contribution in [-0.4, -0.2) is 28.4 Å². The van der Waals surface area contributed by atoms with Gasteiger partial charge in [-0.2, -0.15) is 0 Å². The summed E-state index contributed by atoms with van der Waals surface area (Å²) in [6.07, 6.45) is 2.92. The van der Waals surface area contributed by atoms with Crippen molar-refractivity contribution in [3.05, 3.63) is 68.3 Å². The quantitative estimate of drug-likeness (QED) is 0.591. The number of carbonyl (C=O) groups excluding carboxylic acids is 2. The first-order valence-electron chi connectivity index (χ1n) is 11.2. The number of aryl methyl sites for hydroxylation is 2. The number of hydrogen-bond acceptors (Lipinski definition) is 6. The molecule has 1 atom stereocenters. The monoisotopic (exact) mass is 467 g/mol. The number of allylic oxidation sites excluding steroid dienone is 3. The second-order valence-corrected chi connectivity index (χ2v) is 10.7. The SMILES string of the molecule is CC1=C(C(=O)Nc2ccccn2)C(c2cc(C)sc2C)C2=C(CC(C)(C)CC2=O)N1.CCO. The minimum atomic E-state index is -0.362. The summed E-state index contributed by atoms with van der Waals surface area (Å²) in [4.78, 5) is 33.3. The molecule has 0 saturated carbocycles. The molecule has 0 spiro atoms. The maximum absolute atomic E-state index is 13.4. The van der Waals surface area contributed by atoms with E-state index in [-0.39, 0.29) is 29.6 Å². The van der Waals surface area contributed by atoms with E-state index in [9.17, 15) is 9.59 Å². The van der Waals surface area contributed by atoms with E-state index >= 15 is 0 Å². The van der Waals surface area contributed by atoms with E-state index in [1.165, 1.54) is 4.88 Å². The average Bonchev–Trinajstić information content (AvgIpc) is 3.05. The van der Waals surface area contributed by atoms with Crippen LogP contribution in [0.5, 0.6) is 0 Å². The highest BCUT2D eigenvalue weighted by Crippen LogP contribution is 2.48. The summed E-state index contributed by atoms with van der Waals surface area (Å²) in [5.74, 6) is 0.0305. The Morgan fingerprint density at radius 2 is 1.97 bits per heavy atom. The standard InChI is InChI=1S/C24H27N3O2S.C2H6O/c1-13-10-16(15(3)30-13)21-20(23(29)27-19-8-6-7-9-25-19)14(2)26-17-11-24(4,5)12-18(28)22(17)21;1-2-3/h6-10,21,26H,11-12H2,1-5H3,(H,25,27,29);3H,2H2,1H3. The van der Waals surface area contributed by atoms with Gasteiger partial charge in [-0.3, -0.25) is 9.59 Å². The van der Waals surface area contributed by atoms with Gasteiger partial charge in [-0.1, -0.05) is 19.9 Å². The summed E-state index contributed by atoms with van der Waals surface area (Å²) in [7, 11) is 0. The lowest BCUT2D eigenvalue weighted by Crippen LogP contribution is -2.39. The lowest BCUT2D eigenvalue weighted by molar-refractivity contribution is -0.118. The average molecular weight is 468 g/mol. The number of aliphatic hydroxyl groups is 1. The van der Waals surface area contributed by atoms with Crippen molar-refractivity contribution in [2.24, 2.45) is 5.41 Å². The highest BCUT2D eigenvalue weighted by molar-refractivity contribution is 7.12. The van der Waals surface area contributed by atoms with Gasteiger partial charge in [0.15, 0.2) is 5.78 Å². The van der Waals surface area contributed by atoms with E-state index in [0.717, 1.165) is 33.8 Å². The molecule has 2 aromatic rings. The molecule has 0 aromatic carbocycles. The third kappa shape index (κ3) is 5.42. The third-order valence-corrected chi connectivity index (χ3v) is 6.76. The molecule has 0 saturated heterocycles. The van der Waals surface area contributed by atoms with Gasteiger partial charge in [0.05, 0.1) is 0 Å². The van der Waals surface area contributed by atoms with Crippen LogP contribution in [-0.2, 0) is 9.59 Å². The van der Waals surface area contributed by atoms with Crippen LogP contribution in [0, 0.1) is 19.3 Å². The maximum Gasteiger partial charge on any atom is 0.255 e. The van der Waals surface area contributed by atoms with Crippen molar-refractivity contribution >= 4 is 28.8 Å². The first-order valence-corrected chi connectivity index (χ1v) is 12.0. The van der Waals surface area contributed by atoms with Crippen molar-refractivity contribution in [2.45, 2.75) is 60.3 Å². The number of Topliss-reactive ketones (excluding diaryl/α,β-unsaturated/α-hetero) is 1. The zero-order valence-electron chi connectivity index (χ0n) is 20.2. The van der Waals surface area contributed by atoms with E-state index in [1.54, 1.807) is 30.5 Å². The summed E-state index contributed by atoms with van der Waals surface area (Å²) < 4.78 is 0. The van der Waals surface area contributed by atoms with Gasteiger partial charge in [0.2, 0.25) is 0 Å². The van der Waals surface area contributed by atoms with E-state index in [4.69, 9.17) is 5.11 Å². The smallest absolute Gasteiger partial charge is 0.255 e. The molecular formula is C26H33N3O3S. The van der Waals surface area contributed by atoms with Gasteiger partial charge < -0.3 is 15.7 Å². The molecule has 2 aliphatic rings. The molecule has 1 aliphatic carbocycles. The summed E-state index contributed by atoms with van der Waals surface area (Å²) >= 11 is 1.70. The second kappa shape index (κ2) is 10.0. The number of aromatic nitrogens is 1. The second-order valence-electron chi connectivity index (χ2n) is 9.28.